The summed E-state index contributed by atoms with van der Waals surface area (Å²) >= 11 is 0. The number of hydrogen-bond donors (Lipinski definition) is 0. The summed E-state index contributed by atoms with van der Waals surface area (Å²) in [6.45, 7) is 2.52. The minimum atomic E-state index is -4.96. The van der Waals surface area contributed by atoms with Crippen LogP contribution in [0.3, 0.4) is 0 Å². The van der Waals surface area contributed by atoms with Gasteiger partial charge in [0.25, 0.3) is 6.35 Å². The maximum absolute atomic E-state index is 12.1. The summed E-state index contributed by atoms with van der Waals surface area (Å²) in [4.78, 5) is 13.7. The van der Waals surface area contributed by atoms with Gasteiger partial charge in [-0.3, -0.25) is 0 Å². The third-order valence-corrected chi connectivity index (χ3v) is 2.34. The van der Waals surface area contributed by atoms with Crippen LogP contribution in [0, 0.1) is 0 Å². The van der Waals surface area contributed by atoms with Crippen LogP contribution in [-0.2, 0) is 9.53 Å². The summed E-state index contributed by atoms with van der Waals surface area (Å²) in [5.41, 5.74) is 0. The molecule has 1 atom stereocenters. The first-order valence-electron chi connectivity index (χ1n) is 5.30. The van der Waals surface area contributed by atoms with Crippen molar-refractivity contribution in [1.29, 1.82) is 0 Å². The molecule has 0 N–H and O–H groups in total. The fourth-order valence-electron chi connectivity index (χ4n) is 1.41. The number of hydrogen-bond acceptors (Lipinski definition) is 4. The van der Waals surface area contributed by atoms with Crippen LogP contribution in [0.1, 0.15) is 19.8 Å². The molecule has 0 aliphatic carbocycles. The van der Waals surface area contributed by atoms with Crippen LogP contribution in [0.5, 0.6) is 0 Å². The Labute approximate surface area is 97.6 Å². The number of ether oxygens (including phenoxy) is 1. The largest absolute Gasteiger partial charge is 0.491 e. The normalized spacial score (nSPS) is 19.9. The summed E-state index contributed by atoms with van der Waals surface area (Å²) in [6.07, 6.45) is -1.05. The second-order valence-corrected chi connectivity index (χ2v) is 3.78. The molecule has 0 saturated carbocycles. The molecule has 0 fully saturated rings. The first-order chi connectivity index (χ1) is 7.86. The van der Waals surface area contributed by atoms with Crippen molar-refractivity contribution in [1.82, 2.24) is 9.80 Å². The molecule has 0 spiro atoms. The molecule has 4 nitrogen and oxygen atoms in total. The first-order valence-corrected chi connectivity index (χ1v) is 5.30. The van der Waals surface area contributed by atoms with E-state index in [9.17, 15) is 18.0 Å². The lowest BCUT2D eigenvalue weighted by Crippen LogP contribution is -2.43. The van der Waals surface area contributed by atoms with E-state index < -0.39 is 18.5 Å². The Morgan fingerprint density at radius 1 is 1.41 bits per heavy atom. The predicted octanol–water partition coefficient (Wildman–Crippen LogP) is 1.89. The van der Waals surface area contributed by atoms with Crippen LogP contribution in [-0.4, -0.2) is 41.9 Å². The molecule has 0 radical (unpaired) electrons. The zero-order valence-electron chi connectivity index (χ0n) is 9.70. The monoisotopic (exact) mass is 252 g/mol. The Kier molecular flexibility index (Phi) is 4.25. The Morgan fingerprint density at radius 2 is 2.06 bits per heavy atom. The highest BCUT2D eigenvalue weighted by atomic mass is 19.4. The van der Waals surface area contributed by atoms with Gasteiger partial charge in [0.2, 0.25) is 0 Å². The standard InChI is InChI=1S/C10H15F3N2O2/c1-3-4-5-15-7-6-14(2)9(15)17-8(16)10(11,12)13/h6-7,9H,3-5H2,1-2H3. The number of halogens is 3. The highest BCUT2D eigenvalue weighted by Crippen LogP contribution is 2.22. The van der Waals surface area contributed by atoms with Gasteiger partial charge in [0.1, 0.15) is 0 Å². The van der Waals surface area contributed by atoms with Gasteiger partial charge in [0, 0.05) is 26.0 Å². The van der Waals surface area contributed by atoms with E-state index in [1.807, 2.05) is 6.92 Å². The van der Waals surface area contributed by atoms with Gasteiger partial charge in [0.15, 0.2) is 0 Å². The van der Waals surface area contributed by atoms with Crippen molar-refractivity contribution in [2.75, 3.05) is 13.6 Å². The fraction of sp³-hybridized carbons (Fsp3) is 0.700. The molecule has 1 aliphatic heterocycles. The number of rotatable bonds is 4. The van der Waals surface area contributed by atoms with E-state index in [2.05, 4.69) is 4.74 Å². The third kappa shape index (κ3) is 3.54. The molecule has 1 rings (SSSR count). The minimum Gasteiger partial charge on any atom is -0.416 e. The Bertz CT molecular complexity index is 304. The molecule has 0 aromatic heterocycles. The van der Waals surface area contributed by atoms with Gasteiger partial charge < -0.3 is 14.5 Å². The van der Waals surface area contributed by atoms with Gasteiger partial charge in [-0.05, 0) is 6.42 Å². The maximum atomic E-state index is 12.1. The molecule has 0 bridgehead atoms. The number of unbranched alkanes of at least 4 members (excludes halogenated alkanes) is 1. The topological polar surface area (TPSA) is 32.8 Å². The number of nitrogens with zero attached hydrogens (tertiary/aromatic N) is 2. The molecule has 0 aromatic carbocycles. The lowest BCUT2D eigenvalue weighted by Gasteiger charge is -2.29. The summed E-state index contributed by atoms with van der Waals surface area (Å²) < 4.78 is 40.7. The van der Waals surface area contributed by atoms with Crippen LogP contribution in [0.15, 0.2) is 12.4 Å². The van der Waals surface area contributed by atoms with Gasteiger partial charge in [-0.2, -0.15) is 13.2 Å². The van der Waals surface area contributed by atoms with Crippen LogP contribution in [0.2, 0.25) is 0 Å². The third-order valence-electron chi connectivity index (χ3n) is 2.34. The summed E-state index contributed by atoms with van der Waals surface area (Å²) in [7, 11) is 1.55. The predicted molar refractivity (Wildman–Crippen MR) is 54.5 cm³/mol. The van der Waals surface area contributed by atoms with Crippen LogP contribution < -0.4 is 0 Å². The zero-order valence-corrected chi connectivity index (χ0v) is 9.70. The van der Waals surface area contributed by atoms with Gasteiger partial charge in [0.05, 0.1) is 0 Å². The molecule has 0 amide bonds. The van der Waals surface area contributed by atoms with Crippen molar-refractivity contribution in [3.63, 3.8) is 0 Å². The maximum Gasteiger partial charge on any atom is 0.491 e. The number of carbonyl (C=O) groups is 1. The summed E-state index contributed by atoms with van der Waals surface area (Å²) in [5.74, 6) is -2.17. The summed E-state index contributed by atoms with van der Waals surface area (Å²) in [6, 6.07) is 0. The first kappa shape index (κ1) is 13.7. The van der Waals surface area contributed by atoms with E-state index in [1.54, 1.807) is 24.3 Å². The SMILES string of the molecule is CCCCN1C=CN(C)C1OC(=O)C(F)(F)F. The van der Waals surface area contributed by atoms with Crippen molar-refractivity contribution in [3.05, 3.63) is 12.4 Å². The van der Waals surface area contributed by atoms with Crippen molar-refractivity contribution >= 4 is 5.97 Å². The molecular formula is C10H15F3N2O2. The highest BCUT2D eigenvalue weighted by Gasteiger charge is 2.44. The van der Waals surface area contributed by atoms with Crippen LogP contribution in [0.25, 0.3) is 0 Å². The van der Waals surface area contributed by atoms with Crippen molar-refractivity contribution in [2.24, 2.45) is 0 Å². The van der Waals surface area contributed by atoms with Gasteiger partial charge in [-0.25, -0.2) is 4.79 Å². The van der Waals surface area contributed by atoms with E-state index in [-0.39, 0.29) is 0 Å². The molecule has 1 unspecified atom stereocenters. The fourth-order valence-corrected chi connectivity index (χ4v) is 1.41. The van der Waals surface area contributed by atoms with E-state index in [0.717, 1.165) is 12.8 Å². The van der Waals surface area contributed by atoms with Crippen molar-refractivity contribution < 1.29 is 22.7 Å². The highest BCUT2D eigenvalue weighted by molar-refractivity contribution is 5.75. The molecule has 17 heavy (non-hydrogen) atoms. The van der Waals surface area contributed by atoms with Crippen LogP contribution in [0.4, 0.5) is 13.2 Å². The van der Waals surface area contributed by atoms with Gasteiger partial charge >= 0.3 is 12.1 Å². The van der Waals surface area contributed by atoms with E-state index >= 15 is 0 Å². The van der Waals surface area contributed by atoms with Gasteiger partial charge in [-0.15, -0.1) is 0 Å². The van der Waals surface area contributed by atoms with E-state index in [4.69, 9.17) is 0 Å². The van der Waals surface area contributed by atoms with Gasteiger partial charge in [-0.1, -0.05) is 13.3 Å². The lowest BCUT2D eigenvalue weighted by atomic mass is 10.3. The van der Waals surface area contributed by atoms with Crippen molar-refractivity contribution in [2.45, 2.75) is 32.3 Å². The number of alkyl halides is 3. The molecule has 1 heterocycles. The molecule has 98 valence electrons. The van der Waals surface area contributed by atoms with E-state index in [1.165, 1.54) is 4.90 Å². The Balaban J connectivity index is 2.58. The average Bonchev–Trinajstić information content (AvgIpc) is 2.56. The second-order valence-electron chi connectivity index (χ2n) is 3.78. The summed E-state index contributed by atoms with van der Waals surface area (Å²) in [5, 5.41) is 0. The Hall–Kier alpha value is -1.40. The van der Waals surface area contributed by atoms with E-state index in [0.29, 0.717) is 6.54 Å². The second kappa shape index (κ2) is 5.29. The number of carbonyl (C=O) groups excluding carboxylic acids is 1. The van der Waals surface area contributed by atoms with Crippen molar-refractivity contribution in [3.8, 4) is 0 Å². The molecule has 7 heteroatoms. The molecule has 0 aromatic rings. The Morgan fingerprint density at radius 3 is 2.59 bits per heavy atom. The van der Waals surface area contributed by atoms with Crippen LogP contribution >= 0.6 is 0 Å². The zero-order chi connectivity index (χ0) is 13.1. The molecule has 0 saturated heterocycles. The smallest absolute Gasteiger partial charge is 0.416 e. The molecular weight excluding hydrogens is 237 g/mol. The quantitative estimate of drug-likeness (QED) is 0.715. The minimum absolute atomic E-state index is 0.549. The average molecular weight is 252 g/mol. The number of esters is 1. The molecule has 1 aliphatic rings. The lowest BCUT2D eigenvalue weighted by molar-refractivity contribution is -0.218.